The molecule has 1 unspecified atom stereocenters. The monoisotopic (exact) mass is 355 g/mol. The van der Waals surface area contributed by atoms with E-state index in [1.165, 1.54) is 18.3 Å². The van der Waals surface area contributed by atoms with Crippen molar-refractivity contribution in [2.24, 2.45) is 7.05 Å². The number of nitrogens with zero attached hydrogens (tertiary/aromatic N) is 5. The summed E-state index contributed by atoms with van der Waals surface area (Å²) in [6.07, 6.45) is 6.21. The highest BCUT2D eigenvalue weighted by molar-refractivity contribution is 5.93. The van der Waals surface area contributed by atoms with E-state index in [1.54, 1.807) is 29.0 Å². The molecule has 1 amide bonds. The molecule has 1 atom stereocenters. The highest BCUT2D eigenvalue weighted by atomic mass is 19.1. The lowest BCUT2D eigenvalue weighted by molar-refractivity contribution is 0.0640. The molecule has 0 N–H and O–H groups in total. The van der Waals surface area contributed by atoms with Gasteiger partial charge in [-0.1, -0.05) is 0 Å². The summed E-state index contributed by atoms with van der Waals surface area (Å²) in [7, 11) is 1.76. The molecule has 3 aromatic rings. The summed E-state index contributed by atoms with van der Waals surface area (Å²) in [4.78, 5) is 18.5. The summed E-state index contributed by atoms with van der Waals surface area (Å²) >= 11 is 0. The third-order valence-electron chi connectivity index (χ3n) is 4.34. The van der Waals surface area contributed by atoms with Gasteiger partial charge in [0, 0.05) is 31.3 Å². The number of aromatic nitrogens is 4. The van der Waals surface area contributed by atoms with E-state index in [2.05, 4.69) is 10.1 Å². The first-order valence-corrected chi connectivity index (χ1v) is 8.29. The normalized spacial score (nSPS) is 16.8. The van der Waals surface area contributed by atoms with E-state index in [0.717, 1.165) is 5.69 Å². The second-order valence-corrected chi connectivity index (χ2v) is 6.27. The Kier molecular flexibility index (Phi) is 4.16. The van der Waals surface area contributed by atoms with Crippen LogP contribution in [0.25, 0.3) is 0 Å². The number of rotatable bonds is 3. The van der Waals surface area contributed by atoms with Gasteiger partial charge in [-0.25, -0.2) is 9.37 Å². The van der Waals surface area contributed by atoms with Crippen molar-refractivity contribution in [1.82, 2.24) is 24.2 Å². The third-order valence-corrected chi connectivity index (χ3v) is 4.34. The van der Waals surface area contributed by atoms with E-state index in [-0.39, 0.29) is 11.8 Å². The lowest BCUT2D eigenvalue weighted by Crippen LogP contribution is -2.38. The molecule has 7 nitrogen and oxygen atoms in total. The van der Waals surface area contributed by atoms with Crippen LogP contribution in [-0.2, 0) is 20.1 Å². The Bertz CT molecular complexity index is 935. The first-order chi connectivity index (χ1) is 12.6. The van der Waals surface area contributed by atoms with Gasteiger partial charge in [-0.15, -0.1) is 0 Å². The Labute approximate surface area is 149 Å². The van der Waals surface area contributed by atoms with Gasteiger partial charge < -0.3 is 14.2 Å². The number of halogens is 1. The highest BCUT2D eigenvalue weighted by Gasteiger charge is 2.28. The summed E-state index contributed by atoms with van der Waals surface area (Å²) in [6, 6.07) is 6.70. The molecular weight excluding hydrogens is 337 g/mol. The quantitative estimate of drug-likeness (QED) is 0.719. The minimum Gasteiger partial charge on any atom is -0.468 e. The number of ether oxygens (including phenoxy) is 1. The number of carbonyl (C=O) groups is 1. The molecule has 0 fully saturated rings. The van der Waals surface area contributed by atoms with Gasteiger partial charge in [0.15, 0.2) is 5.82 Å². The molecule has 4 heterocycles. The zero-order valence-electron chi connectivity index (χ0n) is 14.2. The molecule has 0 aliphatic carbocycles. The minimum absolute atomic E-state index is 0.0538. The summed E-state index contributed by atoms with van der Waals surface area (Å²) in [6.45, 7) is 1.28. The van der Waals surface area contributed by atoms with Crippen LogP contribution in [0.3, 0.4) is 0 Å². The Morgan fingerprint density at radius 1 is 1.31 bits per heavy atom. The number of aryl methyl sites for hydroxylation is 1. The van der Waals surface area contributed by atoms with Gasteiger partial charge in [0.25, 0.3) is 11.8 Å². The van der Waals surface area contributed by atoms with Crippen molar-refractivity contribution in [1.29, 1.82) is 0 Å². The molecule has 3 aromatic heterocycles. The van der Waals surface area contributed by atoms with Crippen LogP contribution in [0.2, 0.25) is 0 Å². The van der Waals surface area contributed by atoms with E-state index in [4.69, 9.17) is 4.74 Å². The SMILES string of the molecule is Cn1cc(C(=O)N2Cc3cccn3CC(Oc3ncccc3F)C2)cn1. The second-order valence-electron chi connectivity index (χ2n) is 6.27. The second kappa shape index (κ2) is 6.62. The third kappa shape index (κ3) is 3.17. The zero-order chi connectivity index (χ0) is 18.1. The predicted octanol–water partition coefficient (Wildman–Crippen LogP) is 1.86. The van der Waals surface area contributed by atoms with Crippen LogP contribution in [-0.4, -0.2) is 42.8 Å². The molecule has 0 saturated heterocycles. The maximum Gasteiger partial charge on any atom is 0.257 e. The fourth-order valence-corrected chi connectivity index (χ4v) is 3.11. The Balaban J connectivity index is 1.61. The number of fused-ring (bicyclic) bond motifs is 1. The lowest BCUT2D eigenvalue weighted by Gasteiger charge is -2.24. The van der Waals surface area contributed by atoms with Crippen LogP contribution in [0.15, 0.2) is 49.1 Å². The van der Waals surface area contributed by atoms with Gasteiger partial charge in [-0.05, 0) is 24.3 Å². The van der Waals surface area contributed by atoms with Crippen LogP contribution in [0, 0.1) is 5.82 Å². The van der Waals surface area contributed by atoms with E-state index in [0.29, 0.717) is 25.2 Å². The Hall–Kier alpha value is -3.16. The Morgan fingerprint density at radius 2 is 2.19 bits per heavy atom. The molecule has 8 heteroatoms. The standard InChI is InChI=1S/C18H18FN5O2/c1-22-9-13(8-21-22)18(25)24-10-14-4-3-7-23(14)11-15(12-24)26-17-16(19)5-2-6-20-17/h2-9,15H,10-12H2,1H3. The maximum absolute atomic E-state index is 13.9. The predicted molar refractivity (Wildman–Crippen MR) is 91.0 cm³/mol. The topological polar surface area (TPSA) is 65.2 Å². The molecule has 26 heavy (non-hydrogen) atoms. The molecule has 0 radical (unpaired) electrons. The fourth-order valence-electron chi connectivity index (χ4n) is 3.11. The average Bonchev–Trinajstić information content (AvgIpc) is 3.21. The van der Waals surface area contributed by atoms with Gasteiger partial charge in [0.05, 0.1) is 31.4 Å². The zero-order valence-corrected chi connectivity index (χ0v) is 14.2. The van der Waals surface area contributed by atoms with Gasteiger partial charge >= 0.3 is 0 Å². The van der Waals surface area contributed by atoms with Gasteiger partial charge in [-0.2, -0.15) is 5.10 Å². The van der Waals surface area contributed by atoms with Crippen molar-refractivity contribution < 1.29 is 13.9 Å². The smallest absolute Gasteiger partial charge is 0.257 e. The molecule has 134 valence electrons. The van der Waals surface area contributed by atoms with Crippen LogP contribution < -0.4 is 4.74 Å². The number of hydrogen-bond acceptors (Lipinski definition) is 4. The van der Waals surface area contributed by atoms with Crippen LogP contribution in [0.4, 0.5) is 4.39 Å². The number of pyridine rings is 1. The summed E-state index contributed by atoms with van der Waals surface area (Å²) < 4.78 is 23.3. The lowest BCUT2D eigenvalue weighted by atomic mass is 10.2. The molecule has 1 aliphatic rings. The molecule has 1 aliphatic heterocycles. The van der Waals surface area contributed by atoms with Crippen molar-refractivity contribution >= 4 is 5.91 Å². The van der Waals surface area contributed by atoms with Crippen molar-refractivity contribution in [3.8, 4) is 5.88 Å². The number of amides is 1. The summed E-state index contributed by atoms with van der Waals surface area (Å²) in [5.74, 6) is -0.709. The van der Waals surface area contributed by atoms with Crippen molar-refractivity contribution in [2.45, 2.75) is 19.2 Å². The molecular formula is C18H18FN5O2. The Morgan fingerprint density at radius 3 is 2.96 bits per heavy atom. The first kappa shape index (κ1) is 16.3. The first-order valence-electron chi connectivity index (χ1n) is 8.29. The number of carbonyl (C=O) groups excluding carboxylic acids is 1. The van der Waals surface area contributed by atoms with Gasteiger partial charge in [0.1, 0.15) is 6.10 Å². The minimum atomic E-state index is -0.519. The van der Waals surface area contributed by atoms with E-state index in [1.807, 2.05) is 22.9 Å². The highest BCUT2D eigenvalue weighted by Crippen LogP contribution is 2.20. The molecule has 0 saturated carbocycles. The molecule has 4 rings (SSSR count). The fraction of sp³-hybridized carbons (Fsp3) is 0.278. The van der Waals surface area contributed by atoms with Crippen LogP contribution in [0.1, 0.15) is 16.1 Å². The maximum atomic E-state index is 13.9. The van der Waals surface area contributed by atoms with Crippen LogP contribution >= 0.6 is 0 Å². The van der Waals surface area contributed by atoms with Crippen molar-refractivity contribution in [3.63, 3.8) is 0 Å². The largest absolute Gasteiger partial charge is 0.468 e. The summed E-state index contributed by atoms with van der Waals surface area (Å²) in [5.41, 5.74) is 1.50. The van der Waals surface area contributed by atoms with Crippen LogP contribution in [0.5, 0.6) is 5.88 Å². The average molecular weight is 355 g/mol. The molecule has 0 bridgehead atoms. The molecule has 0 aromatic carbocycles. The van der Waals surface area contributed by atoms with E-state index >= 15 is 0 Å². The van der Waals surface area contributed by atoms with Crippen molar-refractivity contribution in [2.75, 3.05) is 6.54 Å². The van der Waals surface area contributed by atoms with Gasteiger partial charge in [-0.3, -0.25) is 9.48 Å². The van der Waals surface area contributed by atoms with E-state index in [9.17, 15) is 9.18 Å². The van der Waals surface area contributed by atoms with E-state index < -0.39 is 11.9 Å². The van der Waals surface area contributed by atoms with Crippen molar-refractivity contribution in [3.05, 3.63) is 66.1 Å². The summed E-state index contributed by atoms with van der Waals surface area (Å²) in [5, 5.41) is 4.06. The molecule has 0 spiro atoms. The van der Waals surface area contributed by atoms with Gasteiger partial charge in [0.2, 0.25) is 0 Å². The number of hydrogen-bond donors (Lipinski definition) is 0.